The van der Waals surface area contributed by atoms with Gasteiger partial charge in [0.2, 0.25) is 10.0 Å². The van der Waals surface area contributed by atoms with Crippen molar-refractivity contribution in [2.24, 2.45) is 5.14 Å². The molecule has 2 fully saturated rings. The summed E-state index contributed by atoms with van der Waals surface area (Å²) in [6.07, 6.45) is 7.25. The SMILES string of the molecule is NS(=O)(=O)c1ccc(-c2ccccc2)c(C2CCC(N3CCCC3)CC2)c1. The van der Waals surface area contributed by atoms with Gasteiger partial charge in [-0.1, -0.05) is 36.4 Å². The Hall–Kier alpha value is -1.69. The molecule has 4 rings (SSSR count). The predicted octanol–water partition coefficient (Wildman–Crippen LogP) is 4.12. The van der Waals surface area contributed by atoms with Gasteiger partial charge in [-0.05, 0) is 86.4 Å². The summed E-state index contributed by atoms with van der Waals surface area (Å²) in [5.74, 6) is 0.390. The summed E-state index contributed by atoms with van der Waals surface area (Å²) in [5.41, 5.74) is 3.40. The highest BCUT2D eigenvalue weighted by molar-refractivity contribution is 7.89. The minimum Gasteiger partial charge on any atom is -0.300 e. The average Bonchev–Trinajstić information content (AvgIpc) is 3.22. The van der Waals surface area contributed by atoms with Crippen LogP contribution >= 0.6 is 0 Å². The van der Waals surface area contributed by atoms with Crippen molar-refractivity contribution in [3.8, 4) is 11.1 Å². The molecule has 0 spiro atoms. The summed E-state index contributed by atoms with van der Waals surface area (Å²) in [4.78, 5) is 2.87. The zero-order valence-electron chi connectivity index (χ0n) is 15.7. The maximum absolute atomic E-state index is 11.9. The molecule has 4 nitrogen and oxygen atoms in total. The monoisotopic (exact) mass is 384 g/mol. The Morgan fingerprint density at radius 2 is 1.56 bits per heavy atom. The summed E-state index contributed by atoms with van der Waals surface area (Å²) in [6, 6.07) is 16.3. The van der Waals surface area contributed by atoms with Gasteiger partial charge in [0.15, 0.2) is 0 Å². The Kier molecular flexibility index (Phi) is 5.35. The van der Waals surface area contributed by atoms with Gasteiger partial charge >= 0.3 is 0 Å². The van der Waals surface area contributed by atoms with Crippen molar-refractivity contribution in [1.82, 2.24) is 4.90 Å². The molecule has 1 aliphatic carbocycles. The maximum Gasteiger partial charge on any atom is 0.238 e. The van der Waals surface area contributed by atoms with Crippen LogP contribution in [-0.2, 0) is 10.0 Å². The molecule has 0 unspecified atom stereocenters. The van der Waals surface area contributed by atoms with Crippen molar-refractivity contribution >= 4 is 10.0 Å². The second kappa shape index (κ2) is 7.74. The Bertz CT molecular complexity index is 882. The first kappa shape index (κ1) is 18.7. The van der Waals surface area contributed by atoms with Gasteiger partial charge in [0.1, 0.15) is 0 Å². The van der Waals surface area contributed by atoms with Crippen LogP contribution in [0.15, 0.2) is 53.4 Å². The van der Waals surface area contributed by atoms with Gasteiger partial charge < -0.3 is 4.90 Å². The molecule has 5 heteroatoms. The van der Waals surface area contributed by atoms with Gasteiger partial charge in [0.05, 0.1) is 4.90 Å². The molecule has 2 aromatic carbocycles. The molecule has 1 aliphatic heterocycles. The van der Waals surface area contributed by atoms with Gasteiger partial charge in [0.25, 0.3) is 0 Å². The lowest BCUT2D eigenvalue weighted by Crippen LogP contribution is -2.35. The highest BCUT2D eigenvalue weighted by Gasteiger charge is 2.29. The average molecular weight is 385 g/mol. The van der Waals surface area contributed by atoms with Crippen LogP contribution < -0.4 is 5.14 Å². The molecule has 0 aromatic heterocycles. The Morgan fingerprint density at radius 1 is 0.889 bits per heavy atom. The minimum atomic E-state index is -3.70. The van der Waals surface area contributed by atoms with Crippen molar-refractivity contribution in [2.75, 3.05) is 13.1 Å². The predicted molar refractivity (Wildman–Crippen MR) is 109 cm³/mol. The summed E-state index contributed by atoms with van der Waals surface area (Å²) in [5, 5.41) is 5.41. The molecular weight excluding hydrogens is 356 g/mol. The van der Waals surface area contributed by atoms with E-state index in [4.69, 9.17) is 5.14 Å². The van der Waals surface area contributed by atoms with Crippen LogP contribution in [-0.4, -0.2) is 32.4 Å². The molecule has 1 heterocycles. The topological polar surface area (TPSA) is 63.4 Å². The van der Waals surface area contributed by atoms with Crippen LogP contribution in [0.25, 0.3) is 11.1 Å². The lowest BCUT2D eigenvalue weighted by atomic mass is 9.78. The normalized spacial score (nSPS) is 24.2. The summed E-state index contributed by atoms with van der Waals surface area (Å²) >= 11 is 0. The molecule has 0 radical (unpaired) electrons. The number of rotatable bonds is 4. The van der Waals surface area contributed by atoms with Crippen molar-refractivity contribution in [1.29, 1.82) is 0 Å². The van der Waals surface area contributed by atoms with Gasteiger partial charge in [-0.15, -0.1) is 0 Å². The van der Waals surface area contributed by atoms with Gasteiger partial charge in [-0.25, -0.2) is 13.6 Å². The largest absolute Gasteiger partial charge is 0.300 e. The molecule has 1 saturated carbocycles. The number of benzene rings is 2. The Morgan fingerprint density at radius 3 is 2.19 bits per heavy atom. The number of hydrogen-bond acceptors (Lipinski definition) is 3. The van der Waals surface area contributed by atoms with E-state index in [-0.39, 0.29) is 4.90 Å². The standard InChI is InChI=1S/C22H28N2O2S/c23-27(25,26)20-12-13-21(17-6-2-1-3-7-17)22(16-20)18-8-10-19(11-9-18)24-14-4-5-15-24/h1-3,6-7,12-13,16,18-19H,4-5,8-11,14-15H2,(H2,23,25,26). The van der Waals surface area contributed by atoms with Crippen LogP contribution in [0.3, 0.4) is 0 Å². The molecule has 2 aliphatic rings. The van der Waals surface area contributed by atoms with E-state index in [0.717, 1.165) is 29.5 Å². The van der Waals surface area contributed by atoms with Crippen molar-refractivity contribution in [3.05, 3.63) is 54.1 Å². The number of hydrogen-bond donors (Lipinski definition) is 1. The summed E-state index contributed by atoms with van der Waals surface area (Å²) in [6.45, 7) is 2.48. The smallest absolute Gasteiger partial charge is 0.238 e. The van der Waals surface area contributed by atoms with Crippen molar-refractivity contribution in [3.63, 3.8) is 0 Å². The second-order valence-electron chi connectivity index (χ2n) is 7.91. The molecule has 0 atom stereocenters. The third-order valence-corrected chi connectivity index (χ3v) is 7.14. The molecule has 0 amide bonds. The van der Waals surface area contributed by atoms with Crippen LogP contribution in [0.1, 0.15) is 50.0 Å². The van der Waals surface area contributed by atoms with E-state index >= 15 is 0 Å². The van der Waals surface area contributed by atoms with E-state index < -0.39 is 10.0 Å². The molecule has 1 saturated heterocycles. The van der Waals surface area contributed by atoms with Crippen LogP contribution in [0.2, 0.25) is 0 Å². The van der Waals surface area contributed by atoms with Crippen LogP contribution in [0.4, 0.5) is 0 Å². The first-order valence-corrected chi connectivity index (χ1v) is 11.5. The molecular formula is C22H28N2O2S. The Balaban J connectivity index is 1.64. The van der Waals surface area contributed by atoms with Gasteiger partial charge in [0, 0.05) is 6.04 Å². The lowest BCUT2D eigenvalue weighted by molar-refractivity contribution is 0.182. The lowest BCUT2D eigenvalue weighted by Gasteiger charge is -2.35. The molecule has 2 aromatic rings. The van der Waals surface area contributed by atoms with E-state index in [0.29, 0.717) is 12.0 Å². The zero-order valence-corrected chi connectivity index (χ0v) is 16.5. The third kappa shape index (κ3) is 4.10. The van der Waals surface area contributed by atoms with E-state index in [1.165, 1.54) is 38.8 Å². The van der Waals surface area contributed by atoms with Gasteiger partial charge in [-0.2, -0.15) is 0 Å². The van der Waals surface area contributed by atoms with Crippen molar-refractivity contribution in [2.45, 2.75) is 55.4 Å². The van der Waals surface area contributed by atoms with E-state index in [9.17, 15) is 8.42 Å². The Labute approximate surface area is 162 Å². The number of sulfonamides is 1. The van der Waals surface area contributed by atoms with Crippen LogP contribution in [0, 0.1) is 0 Å². The van der Waals surface area contributed by atoms with Gasteiger partial charge in [-0.3, -0.25) is 0 Å². The first-order chi connectivity index (χ1) is 13.0. The molecule has 2 N–H and O–H groups in total. The van der Waals surface area contributed by atoms with Crippen LogP contribution in [0.5, 0.6) is 0 Å². The molecule has 144 valence electrons. The number of primary sulfonamides is 1. The van der Waals surface area contributed by atoms with E-state index in [1.807, 2.05) is 30.3 Å². The van der Waals surface area contributed by atoms with E-state index in [2.05, 4.69) is 17.0 Å². The number of nitrogens with two attached hydrogens (primary N) is 1. The fraction of sp³-hybridized carbons (Fsp3) is 0.455. The maximum atomic E-state index is 11.9. The fourth-order valence-electron chi connectivity index (χ4n) is 4.79. The summed E-state index contributed by atoms with van der Waals surface area (Å²) < 4.78 is 23.8. The number of likely N-dealkylation sites (tertiary alicyclic amines) is 1. The first-order valence-electron chi connectivity index (χ1n) is 9.98. The quantitative estimate of drug-likeness (QED) is 0.862. The fourth-order valence-corrected chi connectivity index (χ4v) is 5.34. The zero-order chi connectivity index (χ0) is 18.9. The number of nitrogens with zero attached hydrogens (tertiary/aromatic N) is 1. The third-order valence-electron chi connectivity index (χ3n) is 6.23. The summed E-state index contributed by atoms with van der Waals surface area (Å²) in [7, 11) is -3.70. The highest BCUT2D eigenvalue weighted by Crippen LogP contribution is 2.40. The molecule has 27 heavy (non-hydrogen) atoms. The second-order valence-corrected chi connectivity index (χ2v) is 9.47. The van der Waals surface area contributed by atoms with Crippen molar-refractivity contribution < 1.29 is 8.42 Å². The van der Waals surface area contributed by atoms with E-state index in [1.54, 1.807) is 6.07 Å². The molecule has 0 bridgehead atoms. The highest BCUT2D eigenvalue weighted by atomic mass is 32.2. The minimum absolute atomic E-state index is 0.221.